The summed E-state index contributed by atoms with van der Waals surface area (Å²) in [6.07, 6.45) is 16.5. The van der Waals surface area contributed by atoms with Gasteiger partial charge in [0.15, 0.2) is 5.76 Å². The van der Waals surface area contributed by atoms with Gasteiger partial charge >= 0.3 is 8.03 Å². The van der Waals surface area contributed by atoms with Gasteiger partial charge in [0.25, 0.3) is 0 Å². The van der Waals surface area contributed by atoms with E-state index >= 15 is 0 Å². The molecule has 0 fully saturated rings. The Morgan fingerprint density at radius 2 is 1.42 bits per heavy atom. The van der Waals surface area contributed by atoms with Crippen molar-refractivity contribution < 1.29 is 9.09 Å². The molecule has 0 heterocycles. The van der Waals surface area contributed by atoms with Gasteiger partial charge in [0.1, 0.15) is 0 Å². The highest BCUT2D eigenvalue weighted by molar-refractivity contribution is 7.44. The zero-order chi connectivity index (χ0) is 14.5. The number of hydrogen-bond donors (Lipinski definition) is 0. The third-order valence-electron chi connectivity index (χ3n) is 1.83. The molecule has 19 heavy (non-hydrogen) atoms. The van der Waals surface area contributed by atoms with Gasteiger partial charge in [0.05, 0.1) is 0 Å². The van der Waals surface area contributed by atoms with Gasteiger partial charge in [0.2, 0.25) is 5.31 Å². The molecule has 0 aromatic heterocycles. The van der Waals surface area contributed by atoms with Crippen molar-refractivity contribution in [3.8, 4) is 0 Å². The molecular weight excluding hydrogens is 255 g/mol. The van der Waals surface area contributed by atoms with Crippen molar-refractivity contribution in [2.24, 2.45) is 0 Å². The zero-order valence-electron chi connectivity index (χ0n) is 10.9. The minimum atomic E-state index is -2.02. The van der Waals surface area contributed by atoms with E-state index < -0.39 is 8.03 Å². The predicted molar refractivity (Wildman–Crippen MR) is 83.9 cm³/mol. The van der Waals surface area contributed by atoms with Crippen LogP contribution in [0.2, 0.25) is 0 Å². The zero-order valence-corrected chi connectivity index (χ0v) is 11.8. The SMILES string of the molecule is C=C/C=C\C=C(/C=C)O[P+](=O)/C(C=C)=C/C=C\C=C. The Kier molecular flexibility index (Phi) is 9.69. The average Bonchev–Trinajstić information content (AvgIpc) is 2.42. The topological polar surface area (TPSA) is 26.3 Å². The van der Waals surface area contributed by atoms with Gasteiger partial charge in [-0.15, -0.1) is 0 Å². The summed E-state index contributed by atoms with van der Waals surface area (Å²) < 4.78 is 17.3. The lowest BCUT2D eigenvalue weighted by molar-refractivity contribution is 0.444. The molecule has 3 heteroatoms. The summed E-state index contributed by atoms with van der Waals surface area (Å²) in [5, 5.41) is 0.494. The van der Waals surface area contributed by atoms with E-state index in [1.165, 1.54) is 12.2 Å². The van der Waals surface area contributed by atoms with E-state index in [0.29, 0.717) is 11.1 Å². The maximum Gasteiger partial charge on any atom is 0.597 e. The van der Waals surface area contributed by atoms with Gasteiger partial charge in [-0.1, -0.05) is 62.8 Å². The highest BCUT2D eigenvalue weighted by atomic mass is 31.1. The third-order valence-corrected chi connectivity index (χ3v) is 2.96. The molecule has 1 atom stereocenters. The lowest BCUT2D eigenvalue weighted by Crippen LogP contribution is -1.80. The van der Waals surface area contributed by atoms with Gasteiger partial charge < -0.3 is 0 Å². The molecule has 1 unspecified atom stereocenters. The predicted octanol–water partition coefficient (Wildman–Crippen LogP) is 5.37. The Hall–Kier alpha value is -2.18. The molecule has 0 rings (SSSR count). The second kappa shape index (κ2) is 10.9. The van der Waals surface area contributed by atoms with E-state index in [9.17, 15) is 4.57 Å². The Bertz CT molecular complexity index is 477. The van der Waals surface area contributed by atoms with E-state index in [-0.39, 0.29) is 0 Å². The van der Waals surface area contributed by atoms with Crippen molar-refractivity contribution in [3.05, 3.63) is 98.1 Å². The van der Waals surface area contributed by atoms with Crippen LogP contribution in [-0.2, 0) is 9.09 Å². The van der Waals surface area contributed by atoms with Crippen molar-refractivity contribution in [2.45, 2.75) is 0 Å². The molecule has 0 N–H and O–H groups in total. The van der Waals surface area contributed by atoms with Crippen LogP contribution >= 0.6 is 8.03 Å². The molecule has 98 valence electrons. The van der Waals surface area contributed by atoms with Crippen molar-refractivity contribution in [1.29, 1.82) is 0 Å². The minimum Gasteiger partial charge on any atom is -0.250 e. The van der Waals surface area contributed by atoms with Crippen LogP contribution < -0.4 is 0 Å². The van der Waals surface area contributed by atoms with Crippen LogP contribution in [-0.4, -0.2) is 0 Å². The van der Waals surface area contributed by atoms with Crippen LogP contribution in [0.1, 0.15) is 0 Å². The summed E-state index contributed by atoms with van der Waals surface area (Å²) >= 11 is 0. The second-order valence-corrected chi connectivity index (χ2v) is 4.37. The van der Waals surface area contributed by atoms with Crippen molar-refractivity contribution >= 4 is 8.03 Å². The number of rotatable bonds is 9. The molecule has 0 aliphatic carbocycles. The molecule has 0 aromatic carbocycles. The van der Waals surface area contributed by atoms with E-state index in [2.05, 4.69) is 26.3 Å². The first-order chi connectivity index (χ1) is 9.19. The van der Waals surface area contributed by atoms with Gasteiger partial charge in [-0.05, 0) is 28.9 Å². The van der Waals surface area contributed by atoms with Crippen LogP contribution in [0.5, 0.6) is 0 Å². The van der Waals surface area contributed by atoms with E-state index in [0.717, 1.165) is 0 Å². The summed E-state index contributed by atoms with van der Waals surface area (Å²) in [5.41, 5.74) is 0. The lowest BCUT2D eigenvalue weighted by Gasteiger charge is -1.92. The Morgan fingerprint density at radius 1 is 0.842 bits per heavy atom. The summed E-state index contributed by atoms with van der Waals surface area (Å²) in [6, 6.07) is 0. The van der Waals surface area contributed by atoms with Crippen LogP contribution in [0.3, 0.4) is 0 Å². The summed E-state index contributed by atoms with van der Waals surface area (Å²) in [6.45, 7) is 14.3. The molecular formula is C16H18O2P+. The monoisotopic (exact) mass is 273 g/mol. The molecule has 0 saturated heterocycles. The number of hydrogen-bond acceptors (Lipinski definition) is 2. The quantitative estimate of drug-likeness (QED) is 0.321. The first-order valence-electron chi connectivity index (χ1n) is 5.58. The maximum atomic E-state index is 12.0. The van der Waals surface area contributed by atoms with Crippen molar-refractivity contribution in [1.82, 2.24) is 0 Å². The fourth-order valence-electron chi connectivity index (χ4n) is 0.949. The first-order valence-corrected chi connectivity index (χ1v) is 6.76. The van der Waals surface area contributed by atoms with Crippen LogP contribution in [0.25, 0.3) is 0 Å². The van der Waals surface area contributed by atoms with Crippen LogP contribution in [0.4, 0.5) is 0 Å². The second-order valence-electron chi connectivity index (χ2n) is 3.16. The number of allylic oxidation sites excluding steroid dienone is 11. The minimum absolute atomic E-state index is 0.416. The van der Waals surface area contributed by atoms with E-state index in [1.807, 2.05) is 0 Å². The van der Waals surface area contributed by atoms with Crippen molar-refractivity contribution in [3.63, 3.8) is 0 Å². The normalized spacial score (nSPS) is 13.4. The molecule has 0 saturated carbocycles. The highest BCUT2D eigenvalue weighted by Crippen LogP contribution is 2.37. The van der Waals surface area contributed by atoms with Crippen LogP contribution in [0, 0.1) is 0 Å². The van der Waals surface area contributed by atoms with Crippen LogP contribution in [0.15, 0.2) is 98.1 Å². The van der Waals surface area contributed by atoms with Gasteiger partial charge in [-0.3, -0.25) is 4.52 Å². The maximum absolute atomic E-state index is 12.0. The van der Waals surface area contributed by atoms with Crippen molar-refractivity contribution in [2.75, 3.05) is 0 Å². The summed E-state index contributed by atoms with van der Waals surface area (Å²) in [7, 11) is -2.02. The molecule has 0 bridgehead atoms. The van der Waals surface area contributed by atoms with E-state index in [4.69, 9.17) is 4.52 Å². The molecule has 0 aliphatic heterocycles. The lowest BCUT2D eigenvalue weighted by atomic mass is 10.4. The molecule has 0 radical (unpaired) electrons. The largest absolute Gasteiger partial charge is 0.597 e. The molecule has 0 aliphatic rings. The fourth-order valence-corrected chi connectivity index (χ4v) is 1.74. The third kappa shape index (κ3) is 7.69. The Morgan fingerprint density at radius 3 is 1.89 bits per heavy atom. The average molecular weight is 273 g/mol. The Labute approximate surface area is 116 Å². The molecule has 0 spiro atoms. The van der Waals surface area contributed by atoms with Gasteiger partial charge in [-0.2, -0.15) is 0 Å². The molecule has 2 nitrogen and oxygen atoms in total. The summed E-state index contributed by atoms with van der Waals surface area (Å²) in [4.78, 5) is 0. The highest BCUT2D eigenvalue weighted by Gasteiger charge is 2.24. The summed E-state index contributed by atoms with van der Waals surface area (Å²) in [5.74, 6) is 0.416. The van der Waals surface area contributed by atoms with Gasteiger partial charge in [-0.25, -0.2) is 0 Å². The molecule has 0 amide bonds. The smallest absolute Gasteiger partial charge is 0.250 e. The molecule has 0 aromatic rings. The van der Waals surface area contributed by atoms with Gasteiger partial charge in [0, 0.05) is 0 Å². The standard InChI is InChI=1S/C16H18O2P/c1-5-9-11-13-15(7-3)18-19(17)16(8-4)14-12-10-6-2/h5-14H,1-4H2/q+1/b11-9-,12-10-,15-13+,16-14+. The van der Waals surface area contributed by atoms with E-state index in [1.54, 1.807) is 48.6 Å². The first kappa shape index (κ1) is 16.8. The Balaban J connectivity index is 4.89. The fraction of sp³-hybridized carbons (Fsp3) is 0.